The molecule has 2 aromatic rings. The van der Waals surface area contributed by atoms with Gasteiger partial charge in [-0.3, -0.25) is 0 Å². The summed E-state index contributed by atoms with van der Waals surface area (Å²) in [6, 6.07) is 13.9. The van der Waals surface area contributed by atoms with E-state index in [0.29, 0.717) is 0 Å². The molecule has 0 saturated carbocycles. The van der Waals surface area contributed by atoms with Crippen LogP contribution in [0.4, 0.5) is 8.78 Å². The lowest BCUT2D eigenvalue weighted by atomic mass is 10.1. The van der Waals surface area contributed by atoms with Crippen molar-refractivity contribution in [2.45, 2.75) is 20.0 Å². The van der Waals surface area contributed by atoms with E-state index in [1.165, 1.54) is 17.7 Å². The minimum Gasteiger partial charge on any atom is -0.391 e. The first-order valence-electron chi connectivity index (χ1n) is 6.24. The molecule has 0 aliphatic carbocycles. The van der Waals surface area contributed by atoms with Crippen LogP contribution in [0.15, 0.2) is 53.7 Å². The van der Waals surface area contributed by atoms with Crippen LogP contribution in [0.25, 0.3) is 0 Å². The molecule has 0 atom stereocenters. The van der Waals surface area contributed by atoms with E-state index in [-0.39, 0.29) is 12.2 Å². The molecular formula is C16H15F2NO. The molecule has 0 unspecified atom stereocenters. The number of alkyl halides is 2. The summed E-state index contributed by atoms with van der Waals surface area (Å²) in [5, 5.41) is 3.85. The lowest BCUT2D eigenvalue weighted by molar-refractivity contribution is 0.131. The first-order chi connectivity index (χ1) is 9.65. The maximum absolute atomic E-state index is 12.4. The van der Waals surface area contributed by atoms with Crippen LogP contribution >= 0.6 is 0 Å². The summed E-state index contributed by atoms with van der Waals surface area (Å²) >= 11 is 0. The lowest BCUT2D eigenvalue weighted by Crippen LogP contribution is -1.90. The molecule has 0 bridgehead atoms. The van der Waals surface area contributed by atoms with Crippen molar-refractivity contribution >= 4 is 6.21 Å². The van der Waals surface area contributed by atoms with Crippen LogP contribution in [0.3, 0.4) is 0 Å². The summed E-state index contributed by atoms with van der Waals surface area (Å²) in [4.78, 5) is 5.14. The summed E-state index contributed by atoms with van der Waals surface area (Å²) in [5.41, 5.74) is 2.94. The highest BCUT2D eigenvalue weighted by atomic mass is 19.3. The van der Waals surface area contributed by atoms with Gasteiger partial charge in [0.25, 0.3) is 6.43 Å². The van der Waals surface area contributed by atoms with E-state index in [1.807, 2.05) is 31.2 Å². The zero-order chi connectivity index (χ0) is 14.4. The Hall–Kier alpha value is -2.23. The fourth-order valence-electron chi connectivity index (χ4n) is 1.62. The molecule has 20 heavy (non-hydrogen) atoms. The fraction of sp³-hybridized carbons (Fsp3) is 0.188. The highest BCUT2D eigenvalue weighted by molar-refractivity contribution is 5.79. The number of benzene rings is 2. The van der Waals surface area contributed by atoms with Crippen molar-refractivity contribution in [2.24, 2.45) is 5.16 Å². The molecule has 0 saturated heterocycles. The molecule has 4 heteroatoms. The third-order valence-electron chi connectivity index (χ3n) is 2.82. The molecule has 2 aromatic carbocycles. The molecule has 0 heterocycles. The van der Waals surface area contributed by atoms with Crippen LogP contribution in [0.5, 0.6) is 0 Å². The van der Waals surface area contributed by atoms with Crippen molar-refractivity contribution in [1.82, 2.24) is 0 Å². The minimum absolute atomic E-state index is 0.0110. The van der Waals surface area contributed by atoms with Gasteiger partial charge in [0.15, 0.2) is 0 Å². The van der Waals surface area contributed by atoms with Gasteiger partial charge in [-0.15, -0.1) is 0 Å². The third-order valence-corrected chi connectivity index (χ3v) is 2.82. The second-order valence-electron chi connectivity index (χ2n) is 4.46. The average Bonchev–Trinajstić information content (AvgIpc) is 2.46. The van der Waals surface area contributed by atoms with Gasteiger partial charge in [0.2, 0.25) is 0 Å². The predicted molar refractivity (Wildman–Crippen MR) is 75.0 cm³/mol. The van der Waals surface area contributed by atoms with E-state index in [2.05, 4.69) is 5.16 Å². The van der Waals surface area contributed by atoms with Gasteiger partial charge in [0.1, 0.15) is 6.61 Å². The molecule has 2 rings (SSSR count). The van der Waals surface area contributed by atoms with Gasteiger partial charge < -0.3 is 4.84 Å². The molecule has 2 nitrogen and oxygen atoms in total. The monoisotopic (exact) mass is 275 g/mol. The molecule has 0 aliphatic rings. The lowest BCUT2D eigenvalue weighted by Gasteiger charge is -2.02. The zero-order valence-electron chi connectivity index (χ0n) is 11.1. The minimum atomic E-state index is -2.44. The van der Waals surface area contributed by atoms with Crippen LogP contribution in [0.1, 0.15) is 28.7 Å². The molecule has 0 aliphatic heterocycles. The summed E-state index contributed by atoms with van der Waals surface area (Å²) in [6.07, 6.45) is -0.822. The Morgan fingerprint density at radius 2 is 1.70 bits per heavy atom. The number of hydrogen-bond donors (Lipinski definition) is 0. The van der Waals surface area contributed by atoms with Crippen molar-refractivity contribution in [3.63, 3.8) is 0 Å². The maximum Gasteiger partial charge on any atom is 0.263 e. The molecule has 0 amide bonds. The number of rotatable bonds is 5. The van der Waals surface area contributed by atoms with Crippen LogP contribution in [0.2, 0.25) is 0 Å². The van der Waals surface area contributed by atoms with E-state index in [1.54, 1.807) is 18.3 Å². The molecule has 0 fully saturated rings. The van der Waals surface area contributed by atoms with Crippen LogP contribution in [-0.2, 0) is 11.4 Å². The SMILES string of the molecule is Cc1ccc(C=NOCc2ccc(C(F)F)cc2)cc1. The van der Waals surface area contributed by atoms with Gasteiger partial charge >= 0.3 is 0 Å². The van der Waals surface area contributed by atoms with Gasteiger partial charge in [-0.2, -0.15) is 0 Å². The molecule has 0 N–H and O–H groups in total. The zero-order valence-corrected chi connectivity index (χ0v) is 11.1. The van der Waals surface area contributed by atoms with E-state index in [9.17, 15) is 8.78 Å². The Morgan fingerprint density at radius 3 is 2.30 bits per heavy atom. The van der Waals surface area contributed by atoms with Crippen LogP contribution in [0, 0.1) is 6.92 Å². The number of aryl methyl sites for hydroxylation is 1. The average molecular weight is 275 g/mol. The van der Waals surface area contributed by atoms with Crippen LogP contribution in [-0.4, -0.2) is 6.21 Å². The second kappa shape index (κ2) is 6.80. The molecule has 0 spiro atoms. The van der Waals surface area contributed by atoms with E-state index < -0.39 is 6.43 Å². The first kappa shape index (κ1) is 14.2. The highest BCUT2D eigenvalue weighted by Crippen LogP contribution is 2.18. The van der Waals surface area contributed by atoms with Gasteiger partial charge in [-0.05, 0) is 18.1 Å². The molecule has 0 radical (unpaired) electrons. The standard InChI is InChI=1S/C16H15F2NO/c1-12-2-4-13(5-3-12)10-19-20-11-14-6-8-15(9-7-14)16(17)18/h2-10,16H,11H2,1H3. The Morgan fingerprint density at radius 1 is 1.05 bits per heavy atom. The summed E-state index contributed by atoms with van der Waals surface area (Å²) in [5.74, 6) is 0. The first-order valence-corrected chi connectivity index (χ1v) is 6.24. The Labute approximate surface area is 116 Å². The van der Waals surface area contributed by atoms with E-state index >= 15 is 0 Å². The largest absolute Gasteiger partial charge is 0.391 e. The fourth-order valence-corrected chi connectivity index (χ4v) is 1.62. The molecule has 0 aromatic heterocycles. The number of oxime groups is 1. The van der Waals surface area contributed by atoms with Gasteiger partial charge in [0, 0.05) is 5.56 Å². The number of hydrogen-bond acceptors (Lipinski definition) is 2. The van der Waals surface area contributed by atoms with Crippen molar-refractivity contribution < 1.29 is 13.6 Å². The van der Waals surface area contributed by atoms with Crippen molar-refractivity contribution in [3.8, 4) is 0 Å². The second-order valence-corrected chi connectivity index (χ2v) is 4.46. The topological polar surface area (TPSA) is 21.6 Å². The maximum atomic E-state index is 12.4. The Bertz CT molecular complexity index is 562. The van der Waals surface area contributed by atoms with Gasteiger partial charge in [-0.1, -0.05) is 59.3 Å². The van der Waals surface area contributed by atoms with Crippen LogP contribution < -0.4 is 0 Å². The normalized spacial score (nSPS) is 11.2. The van der Waals surface area contributed by atoms with E-state index in [0.717, 1.165) is 11.1 Å². The summed E-state index contributed by atoms with van der Waals surface area (Å²) in [6.45, 7) is 2.27. The van der Waals surface area contributed by atoms with Crippen molar-refractivity contribution in [3.05, 3.63) is 70.8 Å². The van der Waals surface area contributed by atoms with Gasteiger partial charge in [0.05, 0.1) is 6.21 Å². The van der Waals surface area contributed by atoms with E-state index in [4.69, 9.17) is 4.84 Å². The summed E-state index contributed by atoms with van der Waals surface area (Å²) in [7, 11) is 0. The quantitative estimate of drug-likeness (QED) is 0.582. The Balaban J connectivity index is 1.84. The molecular weight excluding hydrogens is 260 g/mol. The number of nitrogens with zero attached hydrogens (tertiary/aromatic N) is 1. The smallest absolute Gasteiger partial charge is 0.263 e. The third kappa shape index (κ3) is 4.16. The number of halogens is 2. The Kier molecular flexibility index (Phi) is 4.82. The van der Waals surface area contributed by atoms with Gasteiger partial charge in [-0.25, -0.2) is 8.78 Å². The predicted octanol–water partition coefficient (Wildman–Crippen LogP) is 4.48. The summed E-state index contributed by atoms with van der Waals surface area (Å²) < 4.78 is 24.7. The van der Waals surface area contributed by atoms with Crippen molar-refractivity contribution in [2.75, 3.05) is 0 Å². The van der Waals surface area contributed by atoms with Crippen molar-refractivity contribution in [1.29, 1.82) is 0 Å². The molecule has 104 valence electrons. The highest BCUT2D eigenvalue weighted by Gasteiger charge is 2.05.